The molecule has 2 atom stereocenters. The first-order valence-electron chi connectivity index (χ1n) is 37.2. The van der Waals surface area contributed by atoms with Gasteiger partial charge in [0.25, 0.3) is 0 Å². The largest absolute Gasteiger partial charge is 0.378 e. The maximum Gasteiger partial charge on any atom is 0.0554 e. The molecule has 0 radical (unpaired) electrons. The van der Waals surface area contributed by atoms with Gasteiger partial charge in [-0.05, 0) is 252 Å². The molecule has 4 nitrogen and oxygen atoms in total. The molecule has 0 amide bonds. The van der Waals surface area contributed by atoms with E-state index in [0.717, 1.165) is 39.7 Å². The number of anilines is 4. The molecule has 104 heavy (non-hydrogen) atoms. The van der Waals surface area contributed by atoms with Crippen LogP contribution in [0.1, 0.15) is 83.7 Å². The van der Waals surface area contributed by atoms with E-state index in [1.807, 2.05) is 0 Å². The van der Waals surface area contributed by atoms with Gasteiger partial charge in [0, 0.05) is 72.4 Å². The van der Waals surface area contributed by atoms with Crippen LogP contribution in [-0.2, 0) is 36.5 Å². The number of nitrogens with one attached hydrogen (secondary N) is 1. The maximum atomic E-state index is 4.10. The maximum absolute atomic E-state index is 4.10. The van der Waals surface area contributed by atoms with Crippen molar-refractivity contribution in [3.63, 3.8) is 0 Å². The van der Waals surface area contributed by atoms with E-state index >= 15 is 0 Å². The van der Waals surface area contributed by atoms with Gasteiger partial charge in [-0.3, -0.25) is 0 Å². The van der Waals surface area contributed by atoms with Gasteiger partial charge in [0.15, 0.2) is 0 Å². The molecule has 496 valence electrons. The molecule has 0 spiro atoms. The Labute approximate surface area is 607 Å². The Hall–Kier alpha value is -12.2. The molecule has 4 heteroatoms. The van der Waals surface area contributed by atoms with Crippen LogP contribution < -0.4 is 10.2 Å². The molecule has 2 unspecified atom stereocenters. The topological polar surface area (TPSA) is 25.1 Å². The van der Waals surface area contributed by atoms with Gasteiger partial charge in [-0.15, -0.1) is 0 Å². The number of hydrogen-bond acceptors (Lipinski definition) is 2. The first kappa shape index (κ1) is 60.5. The standard InChI is InChI=1S/C100H76N4/c1-99(2)90-21-13-11-19-81(90)83-50-49-80(57-92(83)99)102(78-45-37-66(38-46-78)72-34-28-64-27-33-71(64)54-72)79-47-39-67(40-48-79)74-42-52-96-87(56-74)89-60-97-88(59-98(89)104(96)77-17-9-6-10-18-77)86-55-73(41-51-95(86)103(97)76-15-7-5-8-16-76)65-35-43-75(44-36-65)101-94-61-93-85(82-20-12-14-22-91(82)100(93,3)4)58-84(94)68-29-23-62(24-30-68)69-31-25-63-26-32-70(63)53-69/h5-25,28-31,34-61,84,94,101H,26-27,32-33H2,1-4H3. The van der Waals surface area contributed by atoms with E-state index in [4.69, 9.17) is 0 Å². The normalized spacial score (nSPS) is 16.2. The van der Waals surface area contributed by atoms with Gasteiger partial charge in [-0.1, -0.05) is 240 Å². The predicted molar refractivity (Wildman–Crippen MR) is 436 cm³/mol. The highest BCUT2D eigenvalue weighted by molar-refractivity contribution is 6.20. The number of aromatic nitrogens is 2. The number of hydrogen-bond donors (Lipinski definition) is 1. The van der Waals surface area contributed by atoms with Gasteiger partial charge in [0.05, 0.1) is 28.1 Å². The fraction of sp³-hybridized carbons (Fsp3) is 0.120. The Morgan fingerprint density at radius 1 is 0.317 bits per heavy atom. The van der Waals surface area contributed by atoms with E-state index in [1.54, 1.807) is 0 Å². The first-order valence-corrected chi connectivity index (χ1v) is 37.2. The summed E-state index contributed by atoms with van der Waals surface area (Å²) in [7, 11) is 0. The zero-order valence-corrected chi connectivity index (χ0v) is 58.9. The molecular weight excluding hydrogens is 1260 g/mol. The molecule has 0 fully saturated rings. The summed E-state index contributed by atoms with van der Waals surface area (Å²) in [6, 6.07) is 117. The molecular formula is C100H76N4. The van der Waals surface area contributed by atoms with Crippen LogP contribution in [0.3, 0.4) is 0 Å². The summed E-state index contributed by atoms with van der Waals surface area (Å²) < 4.78 is 4.94. The molecule has 1 N–H and O–H groups in total. The van der Waals surface area contributed by atoms with Crippen molar-refractivity contribution in [3.8, 4) is 67.0 Å². The van der Waals surface area contributed by atoms with E-state index < -0.39 is 0 Å². The van der Waals surface area contributed by atoms with Crippen molar-refractivity contribution in [1.82, 2.24) is 9.13 Å². The minimum absolute atomic E-state index is 0.0365. The third-order valence-electron chi connectivity index (χ3n) is 24.3. The molecule has 0 bridgehead atoms. The number of benzene rings is 14. The first-order chi connectivity index (χ1) is 51.0. The summed E-state index contributed by atoms with van der Waals surface area (Å²) in [6.45, 7) is 9.53. The Morgan fingerprint density at radius 3 is 1.26 bits per heavy atom. The third kappa shape index (κ3) is 9.51. The lowest BCUT2D eigenvalue weighted by Crippen LogP contribution is -2.29. The van der Waals surface area contributed by atoms with E-state index in [1.165, 1.54) is 181 Å². The number of nitrogens with zero attached hydrogens (tertiary/aromatic N) is 3. The fourth-order valence-electron chi connectivity index (χ4n) is 18.5. The minimum atomic E-state index is -0.136. The van der Waals surface area contributed by atoms with E-state index in [2.05, 4.69) is 369 Å². The molecule has 2 aromatic heterocycles. The minimum Gasteiger partial charge on any atom is -0.378 e. The molecule has 16 aromatic rings. The zero-order chi connectivity index (χ0) is 69.1. The highest BCUT2D eigenvalue weighted by Gasteiger charge is 2.42. The SMILES string of the molecule is CC1(C)C2=CC(Nc3ccc(-c4ccc5c(c4)c4cc6c(cc4n5-c4ccccc4)c4cc(-c5ccc(N(c7ccc(-c8ccc9c(c8)CC9)cc7)c7ccc8c(c7)C(C)(C)c7ccccc7-8)cc5)ccc4n6-c4ccccc4)cc3)C(c3ccc(-c4ccc5c(c4)CC5)cc3)C=C2c2ccccc21. The summed E-state index contributed by atoms with van der Waals surface area (Å²) in [5, 5.41) is 8.93. The number of rotatable bonds is 12. The van der Waals surface area contributed by atoms with Gasteiger partial charge in [0.1, 0.15) is 0 Å². The number of fused-ring (bicyclic) bond motifs is 14. The monoisotopic (exact) mass is 1330 g/mol. The number of allylic oxidation sites excluding steroid dienone is 2. The molecule has 14 aromatic carbocycles. The second-order valence-corrected chi connectivity index (χ2v) is 30.7. The fourth-order valence-corrected chi connectivity index (χ4v) is 18.5. The van der Waals surface area contributed by atoms with Gasteiger partial charge < -0.3 is 19.4 Å². The third-order valence-corrected chi connectivity index (χ3v) is 24.3. The summed E-state index contributed by atoms with van der Waals surface area (Å²) in [4.78, 5) is 2.44. The Balaban J connectivity index is 0.640. The average molecular weight is 1330 g/mol. The molecule has 5 aliphatic carbocycles. The van der Waals surface area contributed by atoms with Crippen LogP contribution in [0, 0.1) is 0 Å². The van der Waals surface area contributed by atoms with Crippen LogP contribution >= 0.6 is 0 Å². The summed E-state index contributed by atoms with van der Waals surface area (Å²) in [5.74, 6) is 0.121. The van der Waals surface area contributed by atoms with Crippen molar-refractivity contribution in [1.29, 1.82) is 0 Å². The molecule has 5 aliphatic rings. The quantitative estimate of drug-likeness (QED) is 0.132. The zero-order valence-electron chi connectivity index (χ0n) is 58.9. The van der Waals surface area contributed by atoms with Crippen LogP contribution in [0.5, 0.6) is 0 Å². The van der Waals surface area contributed by atoms with Gasteiger partial charge in [0.2, 0.25) is 0 Å². The Kier molecular flexibility index (Phi) is 13.5. The highest BCUT2D eigenvalue weighted by atomic mass is 15.1. The van der Waals surface area contributed by atoms with Crippen molar-refractivity contribution in [2.45, 2.75) is 76.2 Å². The Morgan fingerprint density at radius 2 is 0.740 bits per heavy atom. The van der Waals surface area contributed by atoms with Gasteiger partial charge >= 0.3 is 0 Å². The van der Waals surface area contributed by atoms with Crippen molar-refractivity contribution in [2.24, 2.45) is 0 Å². The van der Waals surface area contributed by atoms with Crippen molar-refractivity contribution in [2.75, 3.05) is 10.2 Å². The average Bonchev–Trinajstić information content (AvgIpc) is 1.54. The van der Waals surface area contributed by atoms with E-state index in [9.17, 15) is 0 Å². The van der Waals surface area contributed by atoms with Crippen molar-refractivity contribution < 1.29 is 0 Å². The lowest BCUT2D eigenvalue weighted by Gasteiger charge is -2.33. The van der Waals surface area contributed by atoms with Crippen LogP contribution in [0.15, 0.2) is 327 Å². The van der Waals surface area contributed by atoms with Crippen molar-refractivity contribution >= 4 is 71.9 Å². The number of aryl methyl sites for hydroxylation is 4. The molecule has 0 saturated carbocycles. The lowest BCUT2D eigenvalue weighted by molar-refractivity contribution is 0.641. The van der Waals surface area contributed by atoms with Crippen LogP contribution in [0.25, 0.3) is 116 Å². The highest BCUT2D eigenvalue weighted by Crippen LogP contribution is 2.55. The molecule has 0 saturated heterocycles. The Bertz CT molecular complexity index is 6280. The van der Waals surface area contributed by atoms with Crippen LogP contribution in [-0.4, -0.2) is 15.2 Å². The van der Waals surface area contributed by atoms with Gasteiger partial charge in [-0.25, -0.2) is 0 Å². The second kappa shape index (κ2) is 23.1. The predicted octanol–water partition coefficient (Wildman–Crippen LogP) is 25.4. The van der Waals surface area contributed by atoms with Gasteiger partial charge in [-0.2, -0.15) is 0 Å². The molecule has 21 rings (SSSR count). The summed E-state index contributed by atoms with van der Waals surface area (Å²) >= 11 is 0. The van der Waals surface area contributed by atoms with Crippen LogP contribution in [0.2, 0.25) is 0 Å². The second-order valence-electron chi connectivity index (χ2n) is 30.7. The molecule has 2 heterocycles. The summed E-state index contributed by atoms with van der Waals surface area (Å²) in [5.41, 5.74) is 39.1. The smallest absolute Gasteiger partial charge is 0.0554 e. The summed E-state index contributed by atoms with van der Waals surface area (Å²) in [6.07, 6.45) is 9.83. The number of para-hydroxylation sites is 2. The van der Waals surface area contributed by atoms with E-state index in [-0.39, 0.29) is 22.8 Å². The lowest BCUT2D eigenvalue weighted by atomic mass is 9.76. The van der Waals surface area contributed by atoms with E-state index in [0.29, 0.717) is 0 Å². The molecule has 0 aliphatic heterocycles. The van der Waals surface area contributed by atoms with Crippen molar-refractivity contribution in [3.05, 3.63) is 377 Å². The van der Waals surface area contributed by atoms with Crippen LogP contribution in [0.4, 0.5) is 22.7 Å².